The number of nitrogens with two attached hydrogens (primary N) is 1. The highest BCUT2D eigenvalue weighted by Crippen LogP contribution is 2.28. The van der Waals surface area contributed by atoms with Crippen molar-refractivity contribution in [3.8, 4) is 0 Å². The third kappa shape index (κ3) is 3.22. The van der Waals surface area contributed by atoms with Crippen LogP contribution in [0.2, 0.25) is 0 Å². The first-order valence-corrected chi connectivity index (χ1v) is 5.61. The maximum absolute atomic E-state index is 13.6. The Balaban J connectivity index is 2.98. The lowest BCUT2D eigenvalue weighted by Gasteiger charge is -2.24. The molecule has 0 aliphatic rings. The van der Waals surface area contributed by atoms with E-state index in [1.807, 2.05) is 6.92 Å². The fourth-order valence-corrected chi connectivity index (χ4v) is 1.81. The summed E-state index contributed by atoms with van der Waals surface area (Å²) in [7, 11) is 1.55. The van der Waals surface area contributed by atoms with Crippen LogP contribution in [0.5, 0.6) is 0 Å². The van der Waals surface area contributed by atoms with E-state index in [0.717, 1.165) is 6.07 Å². The number of hydrazine groups is 1. The molecule has 2 atom stereocenters. The Hall–Kier alpha value is -1.11. The van der Waals surface area contributed by atoms with E-state index in [1.54, 1.807) is 7.11 Å². The second-order valence-electron chi connectivity index (χ2n) is 4.17. The van der Waals surface area contributed by atoms with Crippen LogP contribution in [0.1, 0.15) is 24.9 Å². The van der Waals surface area contributed by atoms with Gasteiger partial charge in [0.1, 0.15) is 0 Å². The molecule has 0 aliphatic heterocycles. The molecule has 3 nitrogen and oxygen atoms in total. The summed E-state index contributed by atoms with van der Waals surface area (Å²) in [6, 6.07) is 1.48. The van der Waals surface area contributed by atoms with Gasteiger partial charge in [-0.3, -0.25) is 11.3 Å². The Kier molecular flexibility index (Phi) is 5.58. The van der Waals surface area contributed by atoms with Gasteiger partial charge in [-0.1, -0.05) is 13.0 Å². The number of ether oxygens (including phenoxy) is 1. The number of benzene rings is 1. The molecule has 2 unspecified atom stereocenters. The van der Waals surface area contributed by atoms with Gasteiger partial charge in [0, 0.05) is 19.3 Å². The molecule has 0 spiro atoms. The summed E-state index contributed by atoms with van der Waals surface area (Å²) < 4.78 is 44.6. The van der Waals surface area contributed by atoms with Crippen molar-refractivity contribution in [2.75, 3.05) is 13.7 Å². The molecule has 0 heterocycles. The summed E-state index contributed by atoms with van der Waals surface area (Å²) in [6.07, 6.45) is 0.615. The quantitative estimate of drug-likeness (QED) is 0.470. The van der Waals surface area contributed by atoms with E-state index in [2.05, 4.69) is 5.43 Å². The standard InChI is InChI=1S/C12H17F3N2O/c1-7(5-6-18-2)12(17-16)8-3-4-9(13)11(15)10(8)14/h3-4,7,12,17H,5-6,16H2,1-2H3. The van der Waals surface area contributed by atoms with Gasteiger partial charge in [-0.25, -0.2) is 13.2 Å². The molecule has 0 saturated heterocycles. The minimum atomic E-state index is -1.48. The summed E-state index contributed by atoms with van der Waals surface area (Å²) in [5, 5.41) is 0. The maximum Gasteiger partial charge on any atom is 0.194 e. The maximum atomic E-state index is 13.6. The molecule has 3 N–H and O–H groups in total. The Bertz CT molecular complexity index is 401. The molecule has 1 rings (SSSR count). The van der Waals surface area contributed by atoms with Crippen molar-refractivity contribution in [2.24, 2.45) is 11.8 Å². The van der Waals surface area contributed by atoms with E-state index in [-0.39, 0.29) is 11.5 Å². The fourth-order valence-electron chi connectivity index (χ4n) is 1.81. The number of hydrogen-bond donors (Lipinski definition) is 2. The van der Waals surface area contributed by atoms with Crippen LogP contribution in [0.3, 0.4) is 0 Å². The van der Waals surface area contributed by atoms with Gasteiger partial charge in [-0.15, -0.1) is 0 Å². The van der Waals surface area contributed by atoms with Crippen LogP contribution >= 0.6 is 0 Å². The molecular formula is C12H17F3N2O. The van der Waals surface area contributed by atoms with E-state index in [0.29, 0.717) is 13.0 Å². The number of methoxy groups -OCH3 is 1. The first-order valence-electron chi connectivity index (χ1n) is 5.61. The van der Waals surface area contributed by atoms with E-state index >= 15 is 0 Å². The lowest BCUT2D eigenvalue weighted by atomic mass is 9.92. The number of hydrogen-bond acceptors (Lipinski definition) is 3. The van der Waals surface area contributed by atoms with Gasteiger partial charge in [0.2, 0.25) is 0 Å². The van der Waals surface area contributed by atoms with Crippen LogP contribution in [-0.2, 0) is 4.74 Å². The Morgan fingerprint density at radius 1 is 1.28 bits per heavy atom. The topological polar surface area (TPSA) is 47.3 Å². The van der Waals surface area contributed by atoms with Gasteiger partial charge in [-0.05, 0) is 18.4 Å². The van der Waals surface area contributed by atoms with Gasteiger partial charge in [0.15, 0.2) is 17.5 Å². The molecule has 0 fully saturated rings. The molecule has 6 heteroatoms. The second kappa shape index (κ2) is 6.72. The lowest BCUT2D eigenvalue weighted by Crippen LogP contribution is -2.34. The van der Waals surface area contributed by atoms with E-state index in [9.17, 15) is 13.2 Å². The highest BCUT2D eigenvalue weighted by Gasteiger charge is 2.24. The van der Waals surface area contributed by atoms with Crippen molar-refractivity contribution in [3.05, 3.63) is 35.1 Å². The first-order chi connectivity index (χ1) is 8.52. The van der Waals surface area contributed by atoms with E-state index < -0.39 is 23.5 Å². The zero-order valence-corrected chi connectivity index (χ0v) is 10.3. The molecule has 18 heavy (non-hydrogen) atoms. The van der Waals surface area contributed by atoms with Crippen LogP contribution in [0.15, 0.2) is 12.1 Å². The molecule has 0 radical (unpaired) electrons. The predicted octanol–water partition coefficient (Wildman–Crippen LogP) is 2.28. The molecule has 1 aromatic carbocycles. The van der Waals surface area contributed by atoms with Crippen molar-refractivity contribution < 1.29 is 17.9 Å². The van der Waals surface area contributed by atoms with Crippen molar-refractivity contribution in [2.45, 2.75) is 19.4 Å². The minimum absolute atomic E-state index is 0.0139. The Labute approximate surface area is 104 Å². The van der Waals surface area contributed by atoms with Gasteiger partial charge in [0.25, 0.3) is 0 Å². The highest BCUT2D eigenvalue weighted by atomic mass is 19.2. The average molecular weight is 262 g/mol. The van der Waals surface area contributed by atoms with Crippen molar-refractivity contribution in [1.29, 1.82) is 0 Å². The Morgan fingerprint density at radius 3 is 2.50 bits per heavy atom. The second-order valence-corrected chi connectivity index (χ2v) is 4.17. The fraction of sp³-hybridized carbons (Fsp3) is 0.500. The zero-order chi connectivity index (χ0) is 13.7. The molecule has 1 aromatic rings. The average Bonchev–Trinajstić information content (AvgIpc) is 2.37. The summed E-state index contributed by atoms with van der Waals surface area (Å²) in [5.41, 5.74) is 2.44. The van der Waals surface area contributed by atoms with Crippen LogP contribution in [0, 0.1) is 23.4 Å². The van der Waals surface area contributed by atoms with Crippen LogP contribution in [-0.4, -0.2) is 13.7 Å². The summed E-state index contributed by atoms with van der Waals surface area (Å²) in [6.45, 7) is 2.30. The molecule has 102 valence electrons. The van der Waals surface area contributed by atoms with Gasteiger partial charge >= 0.3 is 0 Å². The van der Waals surface area contributed by atoms with Crippen LogP contribution < -0.4 is 11.3 Å². The van der Waals surface area contributed by atoms with Gasteiger partial charge in [0.05, 0.1) is 6.04 Å². The van der Waals surface area contributed by atoms with Crippen molar-refractivity contribution in [3.63, 3.8) is 0 Å². The van der Waals surface area contributed by atoms with E-state index in [4.69, 9.17) is 10.6 Å². The van der Waals surface area contributed by atoms with Crippen LogP contribution in [0.25, 0.3) is 0 Å². The van der Waals surface area contributed by atoms with E-state index in [1.165, 1.54) is 6.07 Å². The predicted molar refractivity (Wildman–Crippen MR) is 62.0 cm³/mol. The summed E-state index contributed by atoms with van der Waals surface area (Å²) >= 11 is 0. The molecule has 0 bridgehead atoms. The third-order valence-electron chi connectivity index (χ3n) is 2.93. The van der Waals surface area contributed by atoms with Crippen molar-refractivity contribution in [1.82, 2.24) is 5.43 Å². The lowest BCUT2D eigenvalue weighted by molar-refractivity contribution is 0.169. The van der Waals surface area contributed by atoms with Gasteiger partial charge < -0.3 is 4.74 Å². The smallest absolute Gasteiger partial charge is 0.194 e. The summed E-state index contributed by atoms with van der Waals surface area (Å²) in [4.78, 5) is 0. The zero-order valence-electron chi connectivity index (χ0n) is 10.3. The number of halogens is 3. The largest absolute Gasteiger partial charge is 0.385 e. The number of nitrogens with one attached hydrogen (secondary N) is 1. The molecule has 0 aromatic heterocycles. The highest BCUT2D eigenvalue weighted by molar-refractivity contribution is 5.24. The monoisotopic (exact) mass is 262 g/mol. The summed E-state index contributed by atoms with van der Waals surface area (Å²) in [5.74, 6) is 1.37. The molecule has 0 aliphatic carbocycles. The van der Waals surface area contributed by atoms with Crippen LogP contribution in [0.4, 0.5) is 13.2 Å². The normalized spacial score (nSPS) is 14.6. The minimum Gasteiger partial charge on any atom is -0.385 e. The van der Waals surface area contributed by atoms with Crippen molar-refractivity contribution >= 4 is 0 Å². The molecule has 0 amide bonds. The van der Waals surface area contributed by atoms with Gasteiger partial charge in [-0.2, -0.15) is 0 Å². The first kappa shape index (κ1) is 14.9. The molecule has 0 saturated carbocycles. The SMILES string of the molecule is COCCC(C)C(NN)c1ccc(F)c(F)c1F. The third-order valence-corrected chi connectivity index (χ3v) is 2.93. The number of rotatable bonds is 6. The molecular weight excluding hydrogens is 245 g/mol. The Morgan fingerprint density at radius 2 is 1.94 bits per heavy atom.